The van der Waals surface area contributed by atoms with E-state index in [2.05, 4.69) is 23.8 Å². The van der Waals surface area contributed by atoms with E-state index in [9.17, 15) is 4.79 Å². The van der Waals surface area contributed by atoms with Gasteiger partial charge in [-0.05, 0) is 61.4 Å². The van der Waals surface area contributed by atoms with Crippen molar-refractivity contribution in [3.63, 3.8) is 0 Å². The van der Waals surface area contributed by atoms with Crippen molar-refractivity contribution < 1.29 is 13.9 Å². The fourth-order valence-electron chi connectivity index (χ4n) is 4.92. The number of aryl methyl sites for hydroxylation is 1. The lowest BCUT2D eigenvalue weighted by Gasteiger charge is -2.18. The normalized spacial score (nSPS) is 12.7. The Morgan fingerprint density at radius 2 is 1.30 bits per heavy atom. The van der Waals surface area contributed by atoms with E-state index < -0.39 is 11.6 Å². The van der Waals surface area contributed by atoms with Crippen molar-refractivity contribution in [2.75, 3.05) is 0 Å². The van der Waals surface area contributed by atoms with Crippen LogP contribution in [0, 0.1) is 0 Å². The van der Waals surface area contributed by atoms with Crippen molar-refractivity contribution in [1.29, 1.82) is 0 Å². The first-order valence-electron chi connectivity index (χ1n) is 15.4. The van der Waals surface area contributed by atoms with Crippen LogP contribution in [0.3, 0.4) is 0 Å². The van der Waals surface area contributed by atoms with Crippen LogP contribution < -0.4 is 4.74 Å². The van der Waals surface area contributed by atoms with Gasteiger partial charge in [0.15, 0.2) is 5.82 Å². The highest BCUT2D eigenvalue weighted by molar-refractivity contribution is 5.82. The van der Waals surface area contributed by atoms with Gasteiger partial charge in [0.05, 0.1) is 0 Å². The van der Waals surface area contributed by atoms with Gasteiger partial charge < -0.3 is 4.74 Å². The van der Waals surface area contributed by atoms with Crippen LogP contribution >= 0.6 is 0 Å². The third-order valence-electron chi connectivity index (χ3n) is 7.49. The second kappa shape index (κ2) is 16.9. The molecule has 1 unspecified atom stereocenters. The van der Waals surface area contributed by atoms with Crippen molar-refractivity contribution in [2.24, 2.45) is 0 Å². The SMILES string of the molecule is CCCCCCCCCCC(C)(F)C(=O)Oc1ccc(-c2ccccc2-c2ncc(CCCCCC)cn2)cc1. The minimum atomic E-state index is -1.99. The van der Waals surface area contributed by atoms with Crippen LogP contribution in [0.1, 0.15) is 110 Å². The molecule has 0 saturated heterocycles. The Balaban J connectivity index is 1.55. The van der Waals surface area contributed by atoms with Gasteiger partial charge >= 0.3 is 5.97 Å². The van der Waals surface area contributed by atoms with Gasteiger partial charge in [0.25, 0.3) is 0 Å². The molecule has 0 radical (unpaired) electrons. The van der Waals surface area contributed by atoms with E-state index in [1.165, 1.54) is 58.3 Å². The van der Waals surface area contributed by atoms with Gasteiger partial charge in [-0.1, -0.05) is 114 Å². The molecule has 216 valence electrons. The molecule has 3 aromatic rings. The lowest BCUT2D eigenvalue weighted by atomic mass is 9.98. The molecule has 0 spiro atoms. The number of ether oxygens (including phenoxy) is 1. The average molecular weight is 547 g/mol. The first kappa shape index (κ1) is 31.4. The molecule has 40 heavy (non-hydrogen) atoms. The van der Waals surface area contributed by atoms with Crippen LogP contribution in [0.15, 0.2) is 60.9 Å². The van der Waals surface area contributed by atoms with Crippen molar-refractivity contribution >= 4 is 5.97 Å². The minimum Gasteiger partial charge on any atom is -0.424 e. The molecule has 1 atom stereocenters. The summed E-state index contributed by atoms with van der Waals surface area (Å²) < 4.78 is 20.5. The van der Waals surface area contributed by atoms with Gasteiger partial charge in [-0.25, -0.2) is 19.2 Å². The number of carbonyl (C=O) groups excluding carboxylic acids is 1. The molecule has 0 bridgehead atoms. The molecule has 0 amide bonds. The van der Waals surface area contributed by atoms with Gasteiger partial charge in [0, 0.05) is 18.0 Å². The average Bonchev–Trinajstić information content (AvgIpc) is 2.97. The Hall–Kier alpha value is -3.08. The smallest absolute Gasteiger partial charge is 0.348 e. The molecule has 1 aromatic heterocycles. The third-order valence-corrected chi connectivity index (χ3v) is 7.49. The van der Waals surface area contributed by atoms with Crippen LogP contribution in [0.2, 0.25) is 0 Å². The maximum absolute atomic E-state index is 15.1. The quantitative estimate of drug-likeness (QED) is 0.0905. The molecule has 3 rings (SSSR count). The Labute approximate surface area is 240 Å². The zero-order valence-corrected chi connectivity index (χ0v) is 24.8. The molecule has 0 N–H and O–H groups in total. The first-order chi connectivity index (χ1) is 19.4. The highest BCUT2D eigenvalue weighted by Crippen LogP contribution is 2.32. The number of carbonyl (C=O) groups is 1. The molecule has 2 aromatic carbocycles. The van der Waals surface area contributed by atoms with Gasteiger partial charge in [0.1, 0.15) is 5.75 Å². The number of esters is 1. The van der Waals surface area contributed by atoms with E-state index in [1.807, 2.05) is 48.8 Å². The summed E-state index contributed by atoms with van der Waals surface area (Å²) in [5.74, 6) is 0.194. The molecule has 5 heteroatoms. The summed E-state index contributed by atoms with van der Waals surface area (Å²) in [6, 6.07) is 15.2. The van der Waals surface area contributed by atoms with E-state index in [0.29, 0.717) is 18.0 Å². The van der Waals surface area contributed by atoms with Gasteiger partial charge in [0.2, 0.25) is 5.67 Å². The molecule has 0 aliphatic heterocycles. The molecule has 0 saturated carbocycles. The topological polar surface area (TPSA) is 52.1 Å². The van der Waals surface area contributed by atoms with E-state index in [-0.39, 0.29) is 6.42 Å². The predicted molar refractivity (Wildman–Crippen MR) is 163 cm³/mol. The van der Waals surface area contributed by atoms with E-state index in [4.69, 9.17) is 4.74 Å². The van der Waals surface area contributed by atoms with Crippen molar-refractivity contribution in [1.82, 2.24) is 9.97 Å². The van der Waals surface area contributed by atoms with E-state index in [0.717, 1.165) is 47.9 Å². The van der Waals surface area contributed by atoms with Gasteiger partial charge in [-0.15, -0.1) is 0 Å². The lowest BCUT2D eigenvalue weighted by molar-refractivity contribution is -0.147. The summed E-state index contributed by atoms with van der Waals surface area (Å²) in [7, 11) is 0. The number of aromatic nitrogens is 2. The number of hydrogen-bond donors (Lipinski definition) is 0. The molecular weight excluding hydrogens is 499 g/mol. The monoisotopic (exact) mass is 546 g/mol. The Bertz CT molecular complexity index is 1140. The number of nitrogens with zero attached hydrogens (tertiary/aromatic N) is 2. The number of hydrogen-bond acceptors (Lipinski definition) is 4. The maximum atomic E-state index is 15.1. The maximum Gasteiger partial charge on any atom is 0.348 e. The first-order valence-corrected chi connectivity index (χ1v) is 15.4. The predicted octanol–water partition coefficient (Wildman–Crippen LogP) is 10.1. The molecular formula is C35H47FN2O2. The van der Waals surface area contributed by atoms with Crippen LogP contribution in [0.4, 0.5) is 4.39 Å². The van der Waals surface area contributed by atoms with E-state index in [1.54, 1.807) is 12.1 Å². The van der Waals surface area contributed by atoms with Crippen LogP contribution in [-0.4, -0.2) is 21.6 Å². The number of benzene rings is 2. The molecule has 4 nitrogen and oxygen atoms in total. The fraction of sp³-hybridized carbons (Fsp3) is 0.514. The third kappa shape index (κ3) is 10.1. The minimum absolute atomic E-state index is 0.184. The van der Waals surface area contributed by atoms with E-state index >= 15 is 4.39 Å². The van der Waals surface area contributed by atoms with Crippen molar-refractivity contribution in [3.8, 4) is 28.3 Å². The van der Waals surface area contributed by atoms with Crippen LogP contribution in [0.5, 0.6) is 5.75 Å². The molecule has 0 aliphatic carbocycles. The number of unbranched alkanes of at least 4 members (excludes halogenated alkanes) is 10. The summed E-state index contributed by atoms with van der Waals surface area (Å²) in [4.78, 5) is 21.9. The zero-order chi connectivity index (χ0) is 28.6. The van der Waals surface area contributed by atoms with Crippen LogP contribution in [0.25, 0.3) is 22.5 Å². The Morgan fingerprint density at radius 1 is 0.750 bits per heavy atom. The van der Waals surface area contributed by atoms with Crippen LogP contribution in [-0.2, 0) is 11.2 Å². The highest BCUT2D eigenvalue weighted by atomic mass is 19.1. The zero-order valence-electron chi connectivity index (χ0n) is 24.8. The standard InChI is InChI=1S/C35H47FN2O2/c1-4-6-8-10-11-12-13-17-25-35(3,36)34(39)40-30-23-21-29(22-24-30)31-19-15-16-20-32(31)33-37-26-28(27-38-33)18-14-9-7-5-2/h15-16,19-24,26-27H,4-14,17-18,25H2,1-3H3. The lowest BCUT2D eigenvalue weighted by Crippen LogP contribution is -2.34. The number of rotatable bonds is 18. The summed E-state index contributed by atoms with van der Waals surface area (Å²) >= 11 is 0. The molecule has 1 heterocycles. The van der Waals surface area contributed by atoms with Crippen molar-refractivity contribution in [3.05, 3.63) is 66.5 Å². The summed E-state index contributed by atoms with van der Waals surface area (Å²) in [5, 5.41) is 0. The van der Waals surface area contributed by atoms with Gasteiger partial charge in [-0.3, -0.25) is 0 Å². The molecule has 0 aliphatic rings. The largest absolute Gasteiger partial charge is 0.424 e. The summed E-state index contributed by atoms with van der Waals surface area (Å²) in [6.45, 7) is 5.76. The number of halogens is 1. The highest BCUT2D eigenvalue weighted by Gasteiger charge is 2.34. The van der Waals surface area contributed by atoms with Gasteiger partial charge in [-0.2, -0.15) is 0 Å². The Morgan fingerprint density at radius 3 is 1.93 bits per heavy atom. The summed E-state index contributed by atoms with van der Waals surface area (Å²) in [6.07, 6.45) is 18.8. The number of alkyl halides is 1. The second-order valence-electron chi connectivity index (χ2n) is 11.1. The Kier molecular flexibility index (Phi) is 13.3. The molecule has 0 fully saturated rings. The summed E-state index contributed by atoms with van der Waals surface area (Å²) in [5.41, 5.74) is 2.04. The van der Waals surface area contributed by atoms with Crippen molar-refractivity contribution in [2.45, 2.75) is 116 Å². The fourth-order valence-corrected chi connectivity index (χ4v) is 4.92. The second-order valence-corrected chi connectivity index (χ2v) is 11.1.